The molecule has 1 amide bonds. The van der Waals surface area contributed by atoms with Crippen LogP contribution in [-0.2, 0) is 17.8 Å². The SMILES string of the molecule is O=C(O)CCN(CCc1ccccc1)C(=O)c1ccc(OCc2ccccc2F)cc1. The van der Waals surface area contributed by atoms with Gasteiger partial charge in [0, 0.05) is 24.2 Å². The quantitative estimate of drug-likeness (QED) is 0.521. The van der Waals surface area contributed by atoms with Crippen LogP contribution in [0.5, 0.6) is 5.75 Å². The highest BCUT2D eigenvalue weighted by molar-refractivity contribution is 5.94. The summed E-state index contributed by atoms with van der Waals surface area (Å²) in [5.41, 5.74) is 1.97. The molecule has 0 saturated heterocycles. The van der Waals surface area contributed by atoms with Crippen LogP contribution in [0.3, 0.4) is 0 Å². The molecule has 0 spiro atoms. The van der Waals surface area contributed by atoms with E-state index < -0.39 is 5.97 Å². The fourth-order valence-electron chi connectivity index (χ4n) is 3.11. The first kappa shape index (κ1) is 22.0. The zero-order chi connectivity index (χ0) is 22.1. The molecule has 3 aromatic rings. The predicted molar refractivity (Wildman–Crippen MR) is 115 cm³/mol. The number of nitrogens with zero attached hydrogens (tertiary/aromatic N) is 1. The first-order chi connectivity index (χ1) is 15.0. The van der Waals surface area contributed by atoms with E-state index in [1.165, 1.54) is 6.07 Å². The molecule has 0 radical (unpaired) electrons. The fourth-order valence-corrected chi connectivity index (χ4v) is 3.11. The highest BCUT2D eigenvalue weighted by Crippen LogP contribution is 2.17. The van der Waals surface area contributed by atoms with Crippen molar-refractivity contribution in [1.82, 2.24) is 4.90 Å². The van der Waals surface area contributed by atoms with Gasteiger partial charge in [0.2, 0.25) is 0 Å². The summed E-state index contributed by atoms with van der Waals surface area (Å²) in [4.78, 5) is 25.5. The summed E-state index contributed by atoms with van der Waals surface area (Å²) in [5.74, 6) is -1.00. The van der Waals surface area contributed by atoms with E-state index in [1.807, 2.05) is 30.3 Å². The fraction of sp³-hybridized carbons (Fsp3) is 0.200. The Kier molecular flexibility index (Phi) is 7.76. The number of benzene rings is 3. The topological polar surface area (TPSA) is 66.8 Å². The maximum atomic E-state index is 13.7. The van der Waals surface area contributed by atoms with Crippen molar-refractivity contribution in [3.63, 3.8) is 0 Å². The summed E-state index contributed by atoms with van der Waals surface area (Å²) >= 11 is 0. The molecular formula is C25H24FNO4. The monoisotopic (exact) mass is 421 g/mol. The molecule has 0 aliphatic rings. The Morgan fingerprint density at radius 3 is 2.23 bits per heavy atom. The number of hydrogen-bond donors (Lipinski definition) is 1. The van der Waals surface area contributed by atoms with Crippen molar-refractivity contribution in [3.8, 4) is 5.75 Å². The molecule has 31 heavy (non-hydrogen) atoms. The minimum Gasteiger partial charge on any atom is -0.489 e. The number of carboxylic acid groups (broad SMARTS) is 1. The predicted octanol–water partition coefficient (Wildman–Crippen LogP) is 4.56. The van der Waals surface area contributed by atoms with E-state index in [0.717, 1.165) is 5.56 Å². The van der Waals surface area contributed by atoms with Crippen LogP contribution in [0.1, 0.15) is 27.9 Å². The smallest absolute Gasteiger partial charge is 0.305 e. The van der Waals surface area contributed by atoms with Crippen LogP contribution >= 0.6 is 0 Å². The van der Waals surface area contributed by atoms with Crippen molar-refractivity contribution in [1.29, 1.82) is 0 Å². The van der Waals surface area contributed by atoms with Crippen LogP contribution in [0.4, 0.5) is 4.39 Å². The normalized spacial score (nSPS) is 10.5. The minimum atomic E-state index is -0.950. The van der Waals surface area contributed by atoms with E-state index in [1.54, 1.807) is 47.4 Å². The van der Waals surface area contributed by atoms with E-state index in [-0.39, 0.29) is 31.3 Å². The highest BCUT2D eigenvalue weighted by Gasteiger charge is 2.17. The maximum Gasteiger partial charge on any atom is 0.305 e. The summed E-state index contributed by atoms with van der Waals surface area (Å²) < 4.78 is 19.3. The van der Waals surface area contributed by atoms with Gasteiger partial charge in [-0.2, -0.15) is 0 Å². The lowest BCUT2D eigenvalue weighted by molar-refractivity contribution is -0.137. The molecule has 1 N–H and O–H groups in total. The average molecular weight is 421 g/mol. The zero-order valence-corrected chi connectivity index (χ0v) is 17.0. The summed E-state index contributed by atoms with van der Waals surface area (Å²) in [5, 5.41) is 9.03. The van der Waals surface area contributed by atoms with E-state index in [2.05, 4.69) is 0 Å². The van der Waals surface area contributed by atoms with Gasteiger partial charge in [0.25, 0.3) is 5.91 Å². The standard InChI is InChI=1S/C25H24FNO4/c26-23-9-5-4-8-21(23)18-31-22-12-10-20(11-13-22)25(30)27(17-15-24(28)29)16-14-19-6-2-1-3-7-19/h1-13H,14-18H2,(H,28,29). The number of carboxylic acids is 1. The lowest BCUT2D eigenvalue weighted by Crippen LogP contribution is -2.34. The third-order valence-electron chi connectivity index (χ3n) is 4.85. The Bertz CT molecular complexity index is 1010. The molecule has 0 saturated carbocycles. The van der Waals surface area contributed by atoms with Crippen molar-refractivity contribution < 1.29 is 23.8 Å². The van der Waals surface area contributed by atoms with Gasteiger partial charge in [-0.3, -0.25) is 9.59 Å². The second kappa shape index (κ2) is 10.9. The van der Waals surface area contributed by atoms with Gasteiger partial charge < -0.3 is 14.7 Å². The summed E-state index contributed by atoms with van der Waals surface area (Å²) in [6.07, 6.45) is 0.514. The van der Waals surface area contributed by atoms with Crippen molar-refractivity contribution in [2.45, 2.75) is 19.4 Å². The molecular weight excluding hydrogens is 397 g/mol. The summed E-state index contributed by atoms with van der Waals surface area (Å²) in [6.45, 7) is 0.635. The second-order valence-electron chi connectivity index (χ2n) is 7.08. The number of ether oxygens (including phenoxy) is 1. The third-order valence-corrected chi connectivity index (χ3v) is 4.85. The molecule has 0 atom stereocenters. The summed E-state index contributed by atoms with van der Waals surface area (Å²) in [7, 11) is 0. The van der Waals surface area contributed by atoms with Crippen LogP contribution in [0.15, 0.2) is 78.9 Å². The third kappa shape index (κ3) is 6.67. The Labute approximate surface area is 180 Å². The first-order valence-electron chi connectivity index (χ1n) is 10.0. The van der Waals surface area contributed by atoms with Gasteiger partial charge in [-0.05, 0) is 42.3 Å². The lowest BCUT2D eigenvalue weighted by atomic mass is 10.1. The molecule has 0 unspecified atom stereocenters. The van der Waals surface area contributed by atoms with E-state index in [9.17, 15) is 14.0 Å². The van der Waals surface area contributed by atoms with E-state index in [0.29, 0.717) is 29.8 Å². The maximum absolute atomic E-state index is 13.7. The van der Waals surface area contributed by atoms with E-state index >= 15 is 0 Å². The van der Waals surface area contributed by atoms with Gasteiger partial charge >= 0.3 is 5.97 Å². The van der Waals surface area contributed by atoms with Crippen LogP contribution in [0, 0.1) is 5.82 Å². The number of carbonyl (C=O) groups excluding carboxylic acids is 1. The number of amides is 1. The Morgan fingerprint density at radius 2 is 1.55 bits per heavy atom. The van der Waals surface area contributed by atoms with E-state index in [4.69, 9.17) is 9.84 Å². The molecule has 160 valence electrons. The zero-order valence-electron chi connectivity index (χ0n) is 17.0. The van der Waals surface area contributed by atoms with Gasteiger partial charge in [0.1, 0.15) is 18.2 Å². The highest BCUT2D eigenvalue weighted by atomic mass is 19.1. The molecule has 6 heteroatoms. The Hall–Kier alpha value is -3.67. The van der Waals surface area contributed by atoms with Crippen molar-refractivity contribution >= 4 is 11.9 Å². The number of hydrogen-bond acceptors (Lipinski definition) is 3. The number of aliphatic carboxylic acids is 1. The number of rotatable bonds is 10. The second-order valence-corrected chi connectivity index (χ2v) is 7.08. The molecule has 0 bridgehead atoms. The lowest BCUT2D eigenvalue weighted by Gasteiger charge is -2.22. The molecule has 0 aliphatic carbocycles. The van der Waals surface area contributed by atoms with Gasteiger partial charge in [-0.15, -0.1) is 0 Å². The Morgan fingerprint density at radius 1 is 0.871 bits per heavy atom. The van der Waals surface area contributed by atoms with Crippen molar-refractivity contribution in [3.05, 3.63) is 101 Å². The van der Waals surface area contributed by atoms with Gasteiger partial charge in [0.05, 0.1) is 6.42 Å². The molecule has 0 aliphatic heterocycles. The van der Waals surface area contributed by atoms with Crippen LogP contribution in [0.2, 0.25) is 0 Å². The number of carbonyl (C=O) groups is 2. The molecule has 3 aromatic carbocycles. The molecule has 0 aromatic heterocycles. The molecule has 0 fully saturated rings. The molecule has 3 rings (SSSR count). The van der Waals surface area contributed by atoms with Crippen molar-refractivity contribution in [2.75, 3.05) is 13.1 Å². The molecule has 5 nitrogen and oxygen atoms in total. The average Bonchev–Trinajstić information content (AvgIpc) is 2.79. The van der Waals surface area contributed by atoms with Crippen LogP contribution < -0.4 is 4.74 Å². The van der Waals surface area contributed by atoms with Gasteiger partial charge in [-0.25, -0.2) is 4.39 Å². The van der Waals surface area contributed by atoms with Crippen molar-refractivity contribution in [2.24, 2.45) is 0 Å². The first-order valence-corrected chi connectivity index (χ1v) is 10.0. The van der Waals surface area contributed by atoms with Crippen LogP contribution in [-0.4, -0.2) is 35.0 Å². The summed E-state index contributed by atoms with van der Waals surface area (Å²) in [6, 6.07) is 22.7. The van der Waals surface area contributed by atoms with Crippen LogP contribution in [0.25, 0.3) is 0 Å². The Balaban J connectivity index is 1.63. The van der Waals surface area contributed by atoms with Gasteiger partial charge in [0.15, 0.2) is 0 Å². The largest absolute Gasteiger partial charge is 0.489 e. The minimum absolute atomic E-state index is 0.0851. The molecule has 0 heterocycles. The van der Waals surface area contributed by atoms with Gasteiger partial charge in [-0.1, -0.05) is 48.5 Å². The number of halogens is 1.